The van der Waals surface area contributed by atoms with Gasteiger partial charge in [-0.15, -0.1) is 0 Å². The lowest BCUT2D eigenvalue weighted by atomic mass is 9.97. The highest BCUT2D eigenvalue weighted by Crippen LogP contribution is 2.30. The summed E-state index contributed by atoms with van der Waals surface area (Å²) in [5.41, 5.74) is 0. The molecule has 1 amide bonds. The fraction of sp³-hybridized carbons (Fsp3) is 0.845. The lowest BCUT2D eigenvalue weighted by Crippen LogP contribution is -2.65. The van der Waals surface area contributed by atoms with E-state index in [1.807, 2.05) is 6.08 Å². The average molecular weight is 1200 g/mol. The monoisotopic (exact) mass is 1200 g/mol. The third-order valence-electron chi connectivity index (χ3n) is 16.9. The molecular weight excluding hydrogens is 1070 g/mol. The maximum absolute atomic E-state index is 13.3. The molecule has 12 atom stereocenters. The van der Waals surface area contributed by atoms with Crippen molar-refractivity contribution in [1.82, 2.24) is 5.32 Å². The van der Waals surface area contributed by atoms with E-state index in [0.717, 1.165) is 44.9 Å². The van der Waals surface area contributed by atoms with Gasteiger partial charge in [0.2, 0.25) is 5.91 Å². The SMILES string of the molecule is CCCCCCC/C=C\C/C=C\C/C=C\CCCCCCCCCCCCCCCCC(=O)NC(COC1OC(CO)C(OC2OC(CO)C(O)C(O)C2O)C(O)C1O)C(O)/C=C/CC/C=C/CCCCCCCCCCCCCCCCCC. The van der Waals surface area contributed by atoms with Gasteiger partial charge in [-0.2, -0.15) is 0 Å². The molecule has 2 heterocycles. The van der Waals surface area contributed by atoms with E-state index in [1.165, 1.54) is 212 Å². The van der Waals surface area contributed by atoms with Crippen LogP contribution >= 0.6 is 0 Å². The number of carbonyl (C=O) groups is 1. The molecule has 2 aliphatic heterocycles. The maximum Gasteiger partial charge on any atom is 0.220 e. The van der Waals surface area contributed by atoms with E-state index < -0.39 is 86.8 Å². The molecule has 2 aliphatic rings. The molecule has 0 bridgehead atoms. The number of hydrogen-bond donors (Lipinski definition) is 9. The minimum atomic E-state index is -1.79. The molecule has 0 spiro atoms. The van der Waals surface area contributed by atoms with Crippen molar-refractivity contribution >= 4 is 5.91 Å². The summed E-state index contributed by atoms with van der Waals surface area (Å²) >= 11 is 0. The zero-order chi connectivity index (χ0) is 61.6. The van der Waals surface area contributed by atoms with E-state index >= 15 is 0 Å². The highest BCUT2D eigenvalue weighted by Gasteiger charge is 2.51. The maximum atomic E-state index is 13.3. The van der Waals surface area contributed by atoms with Crippen molar-refractivity contribution in [3.63, 3.8) is 0 Å². The van der Waals surface area contributed by atoms with Crippen LogP contribution in [0.15, 0.2) is 60.8 Å². The lowest BCUT2D eigenvalue weighted by molar-refractivity contribution is -0.359. The number of rotatable bonds is 57. The van der Waals surface area contributed by atoms with Crippen LogP contribution in [0.2, 0.25) is 0 Å². The molecule has 0 saturated carbocycles. The minimum Gasteiger partial charge on any atom is -0.394 e. The second-order valence-corrected chi connectivity index (χ2v) is 24.6. The zero-order valence-electron chi connectivity index (χ0n) is 53.8. The van der Waals surface area contributed by atoms with Gasteiger partial charge in [0.15, 0.2) is 12.6 Å². The standard InChI is InChI=1S/C71H129NO13/c1-3-5-7-9-11-13-15-17-19-21-23-25-27-28-29-30-31-32-33-35-37-39-41-43-45-47-49-51-53-55-63(76)72-59(58-82-70-68(81)66(79)69(62(57-74)84-70)85-71-67(80)65(78)64(77)61(56-73)83-71)60(75)54-52-50-48-46-44-42-40-38-36-34-26-24-22-20-18-16-14-12-10-8-6-4-2/h15,17,21,23,27-28,44,46,52,54,59-62,64-71,73-75,77-81H,3-14,16,18-20,22,24-26,29-43,45,47-51,53,55-58H2,1-2H3,(H,72,76)/b17-15-,23-21-,28-27-,46-44+,54-52+. The summed E-state index contributed by atoms with van der Waals surface area (Å²) in [6, 6.07) is -0.935. The minimum absolute atomic E-state index is 0.248. The first kappa shape index (κ1) is 78.8. The van der Waals surface area contributed by atoms with Gasteiger partial charge in [-0.3, -0.25) is 4.79 Å². The van der Waals surface area contributed by atoms with Crippen LogP contribution in [0.3, 0.4) is 0 Å². The van der Waals surface area contributed by atoms with Crippen LogP contribution in [-0.2, 0) is 23.7 Å². The van der Waals surface area contributed by atoms with Gasteiger partial charge in [0.1, 0.15) is 48.8 Å². The summed E-state index contributed by atoms with van der Waals surface area (Å²) < 4.78 is 22.8. The van der Waals surface area contributed by atoms with Crippen LogP contribution < -0.4 is 5.32 Å². The number of hydrogen-bond acceptors (Lipinski definition) is 13. The van der Waals surface area contributed by atoms with E-state index in [0.29, 0.717) is 12.8 Å². The van der Waals surface area contributed by atoms with Crippen LogP contribution in [0.4, 0.5) is 0 Å². The molecule has 12 unspecified atom stereocenters. The molecule has 9 N–H and O–H groups in total. The van der Waals surface area contributed by atoms with Crippen molar-refractivity contribution in [2.45, 2.75) is 364 Å². The summed E-state index contributed by atoms with van der Waals surface area (Å²) in [6.07, 6.45) is 57.0. The van der Waals surface area contributed by atoms with Gasteiger partial charge in [0, 0.05) is 6.42 Å². The Kier molecular flexibility index (Phi) is 51.7. The van der Waals surface area contributed by atoms with Gasteiger partial charge in [-0.25, -0.2) is 0 Å². The number of aliphatic hydroxyl groups is 8. The first-order valence-electron chi connectivity index (χ1n) is 35.0. The molecule has 85 heavy (non-hydrogen) atoms. The summed E-state index contributed by atoms with van der Waals surface area (Å²) in [7, 11) is 0. The van der Waals surface area contributed by atoms with Crippen LogP contribution in [0.1, 0.15) is 290 Å². The van der Waals surface area contributed by atoms with Gasteiger partial charge in [0.25, 0.3) is 0 Å². The first-order chi connectivity index (χ1) is 41.6. The molecule has 14 heteroatoms. The highest BCUT2D eigenvalue weighted by atomic mass is 16.7. The largest absolute Gasteiger partial charge is 0.394 e. The van der Waals surface area contributed by atoms with Crippen LogP contribution in [0.5, 0.6) is 0 Å². The Labute approximate surface area is 517 Å². The molecule has 2 fully saturated rings. The normalized spacial score (nSPS) is 23.9. The van der Waals surface area contributed by atoms with Crippen molar-refractivity contribution < 1.29 is 64.6 Å². The third kappa shape index (κ3) is 40.1. The Morgan fingerprint density at radius 1 is 0.424 bits per heavy atom. The topological polar surface area (TPSA) is 228 Å². The molecule has 0 aliphatic carbocycles. The zero-order valence-corrected chi connectivity index (χ0v) is 53.8. The number of aliphatic hydroxyl groups excluding tert-OH is 8. The van der Waals surface area contributed by atoms with Crippen LogP contribution in [0, 0.1) is 0 Å². The van der Waals surface area contributed by atoms with E-state index in [1.54, 1.807) is 6.08 Å². The molecule has 2 rings (SSSR count). The summed E-state index contributed by atoms with van der Waals surface area (Å²) in [5, 5.41) is 87.4. The Hall–Kier alpha value is -2.31. The van der Waals surface area contributed by atoms with E-state index in [9.17, 15) is 45.6 Å². The molecule has 14 nitrogen and oxygen atoms in total. The molecular formula is C71H129NO13. The fourth-order valence-electron chi connectivity index (χ4n) is 11.3. The molecule has 0 radical (unpaired) electrons. The Morgan fingerprint density at radius 2 is 0.788 bits per heavy atom. The van der Waals surface area contributed by atoms with Gasteiger partial charge in [-0.1, -0.05) is 274 Å². The lowest BCUT2D eigenvalue weighted by Gasteiger charge is -2.46. The smallest absolute Gasteiger partial charge is 0.220 e. The number of unbranched alkanes of at least 4 members (excludes halogenated alkanes) is 36. The van der Waals surface area contributed by atoms with Gasteiger partial charge >= 0.3 is 0 Å². The molecule has 0 aromatic carbocycles. The average Bonchev–Trinajstić information content (AvgIpc) is 3.69. The van der Waals surface area contributed by atoms with Crippen molar-refractivity contribution in [3.8, 4) is 0 Å². The van der Waals surface area contributed by atoms with E-state index in [4.69, 9.17) is 18.9 Å². The van der Waals surface area contributed by atoms with Crippen molar-refractivity contribution in [2.24, 2.45) is 0 Å². The second kappa shape index (κ2) is 55.7. The van der Waals surface area contributed by atoms with Gasteiger partial charge < -0.3 is 65.1 Å². The Morgan fingerprint density at radius 3 is 1.24 bits per heavy atom. The van der Waals surface area contributed by atoms with Crippen molar-refractivity contribution in [2.75, 3.05) is 19.8 Å². The third-order valence-corrected chi connectivity index (χ3v) is 16.9. The molecule has 0 aromatic rings. The quantitative estimate of drug-likeness (QED) is 0.0204. The predicted molar refractivity (Wildman–Crippen MR) is 346 cm³/mol. The number of nitrogens with one attached hydrogen (secondary N) is 1. The van der Waals surface area contributed by atoms with Crippen LogP contribution in [0.25, 0.3) is 0 Å². The molecule has 0 aromatic heterocycles. The highest BCUT2D eigenvalue weighted by molar-refractivity contribution is 5.76. The summed E-state index contributed by atoms with van der Waals surface area (Å²) in [5.74, 6) is -0.248. The van der Waals surface area contributed by atoms with E-state index in [-0.39, 0.29) is 18.9 Å². The Bertz CT molecular complexity index is 1660. The first-order valence-corrected chi connectivity index (χ1v) is 35.0. The van der Waals surface area contributed by atoms with E-state index in [2.05, 4.69) is 67.8 Å². The van der Waals surface area contributed by atoms with Crippen molar-refractivity contribution in [3.05, 3.63) is 60.8 Å². The number of carbonyl (C=O) groups excluding carboxylic acids is 1. The predicted octanol–water partition coefficient (Wildman–Crippen LogP) is 14.1. The fourth-order valence-corrected chi connectivity index (χ4v) is 11.3. The molecule has 496 valence electrons. The summed E-state index contributed by atoms with van der Waals surface area (Å²) in [6.45, 7) is 2.80. The van der Waals surface area contributed by atoms with Crippen molar-refractivity contribution in [1.29, 1.82) is 0 Å². The molecule has 2 saturated heterocycles. The Balaban J connectivity index is 1.69. The second-order valence-electron chi connectivity index (χ2n) is 24.6. The number of amides is 1. The number of allylic oxidation sites excluding steroid dienone is 9. The van der Waals surface area contributed by atoms with Gasteiger partial charge in [0.05, 0.1) is 32.0 Å². The number of ether oxygens (including phenoxy) is 4. The summed E-state index contributed by atoms with van der Waals surface area (Å²) in [4.78, 5) is 13.3. The van der Waals surface area contributed by atoms with Crippen LogP contribution in [-0.4, -0.2) is 140 Å². The van der Waals surface area contributed by atoms with Gasteiger partial charge in [-0.05, 0) is 70.6 Å².